The van der Waals surface area contributed by atoms with Crippen molar-refractivity contribution in [1.29, 1.82) is 0 Å². The number of hydrogen-bond acceptors (Lipinski definition) is 3. The van der Waals surface area contributed by atoms with Crippen molar-refractivity contribution in [3.05, 3.63) is 29.8 Å². The maximum Gasteiger partial charge on any atom is 0.119 e. The second-order valence-corrected chi connectivity index (χ2v) is 5.23. The van der Waals surface area contributed by atoms with Crippen LogP contribution in [0.15, 0.2) is 24.3 Å². The number of likely N-dealkylation sites (tertiary alicyclic amines) is 1. The zero-order valence-electron chi connectivity index (χ0n) is 11.3. The lowest BCUT2D eigenvalue weighted by molar-refractivity contribution is 0.234. The SMILES string of the molecule is CC1CCN(CCOc2ccc(CCN)cc2)C1. The summed E-state index contributed by atoms with van der Waals surface area (Å²) in [6, 6.07) is 8.27. The summed E-state index contributed by atoms with van der Waals surface area (Å²) in [6.45, 7) is 7.28. The third kappa shape index (κ3) is 4.00. The lowest BCUT2D eigenvalue weighted by Gasteiger charge is -2.15. The summed E-state index contributed by atoms with van der Waals surface area (Å²) in [6.07, 6.45) is 2.26. The first-order valence-corrected chi connectivity index (χ1v) is 6.92. The van der Waals surface area contributed by atoms with Crippen molar-refractivity contribution >= 4 is 0 Å². The van der Waals surface area contributed by atoms with Gasteiger partial charge in [-0.3, -0.25) is 4.90 Å². The Labute approximate surface area is 110 Å². The van der Waals surface area contributed by atoms with Gasteiger partial charge in [0.05, 0.1) is 0 Å². The number of ether oxygens (including phenoxy) is 1. The molecule has 0 aliphatic carbocycles. The number of benzene rings is 1. The highest BCUT2D eigenvalue weighted by Crippen LogP contribution is 2.15. The molecule has 1 aromatic rings. The molecule has 1 heterocycles. The van der Waals surface area contributed by atoms with Crippen molar-refractivity contribution < 1.29 is 4.74 Å². The molecular formula is C15H24N2O. The third-order valence-electron chi connectivity index (χ3n) is 3.54. The summed E-state index contributed by atoms with van der Waals surface area (Å²) >= 11 is 0. The van der Waals surface area contributed by atoms with Crippen molar-refractivity contribution in [3.63, 3.8) is 0 Å². The van der Waals surface area contributed by atoms with Gasteiger partial charge in [0.15, 0.2) is 0 Å². The van der Waals surface area contributed by atoms with Gasteiger partial charge in [-0.15, -0.1) is 0 Å². The Morgan fingerprint density at radius 1 is 1.33 bits per heavy atom. The van der Waals surface area contributed by atoms with Crippen LogP contribution in [0.4, 0.5) is 0 Å². The highest BCUT2D eigenvalue weighted by molar-refractivity contribution is 5.27. The summed E-state index contributed by atoms with van der Waals surface area (Å²) in [5, 5.41) is 0. The van der Waals surface area contributed by atoms with Gasteiger partial charge in [0, 0.05) is 13.1 Å². The average Bonchev–Trinajstić information content (AvgIpc) is 2.78. The van der Waals surface area contributed by atoms with E-state index in [-0.39, 0.29) is 0 Å². The molecule has 1 aliphatic heterocycles. The average molecular weight is 248 g/mol. The van der Waals surface area contributed by atoms with Gasteiger partial charge in [-0.25, -0.2) is 0 Å². The van der Waals surface area contributed by atoms with Crippen LogP contribution in [0.3, 0.4) is 0 Å². The molecule has 1 atom stereocenters. The summed E-state index contributed by atoms with van der Waals surface area (Å²) in [5.74, 6) is 1.81. The molecule has 18 heavy (non-hydrogen) atoms. The fourth-order valence-corrected chi connectivity index (χ4v) is 2.44. The van der Waals surface area contributed by atoms with Gasteiger partial charge in [0.25, 0.3) is 0 Å². The minimum absolute atomic E-state index is 0.702. The Kier molecular flexibility index (Phi) is 5.02. The van der Waals surface area contributed by atoms with Crippen molar-refractivity contribution in [2.24, 2.45) is 11.7 Å². The van der Waals surface area contributed by atoms with E-state index in [1.807, 2.05) is 12.1 Å². The Hall–Kier alpha value is -1.06. The Bertz CT molecular complexity index is 350. The first-order valence-electron chi connectivity index (χ1n) is 6.92. The van der Waals surface area contributed by atoms with E-state index >= 15 is 0 Å². The van der Waals surface area contributed by atoms with Gasteiger partial charge in [0.1, 0.15) is 12.4 Å². The van der Waals surface area contributed by atoms with Crippen LogP contribution in [-0.4, -0.2) is 37.7 Å². The van der Waals surface area contributed by atoms with E-state index in [1.54, 1.807) is 0 Å². The van der Waals surface area contributed by atoms with Crippen LogP contribution in [0, 0.1) is 5.92 Å². The molecule has 0 radical (unpaired) electrons. The molecule has 1 aromatic carbocycles. The maximum atomic E-state index is 5.76. The van der Waals surface area contributed by atoms with Crippen LogP contribution in [0.25, 0.3) is 0 Å². The van der Waals surface area contributed by atoms with E-state index in [0.29, 0.717) is 6.54 Å². The zero-order valence-corrected chi connectivity index (χ0v) is 11.3. The summed E-state index contributed by atoms with van der Waals surface area (Å²) in [7, 11) is 0. The first-order chi connectivity index (χ1) is 8.78. The molecule has 1 fully saturated rings. The maximum absolute atomic E-state index is 5.76. The van der Waals surface area contributed by atoms with Gasteiger partial charge >= 0.3 is 0 Å². The smallest absolute Gasteiger partial charge is 0.119 e. The summed E-state index contributed by atoms with van der Waals surface area (Å²) in [5.41, 5.74) is 6.80. The number of hydrogen-bond donors (Lipinski definition) is 1. The monoisotopic (exact) mass is 248 g/mol. The van der Waals surface area contributed by atoms with Gasteiger partial charge in [-0.1, -0.05) is 19.1 Å². The van der Waals surface area contributed by atoms with Crippen molar-refractivity contribution in [2.75, 3.05) is 32.8 Å². The standard InChI is InChI=1S/C15H24N2O/c1-13-7-9-17(12-13)10-11-18-15-4-2-14(3-5-15)6-8-16/h2-5,13H,6-12,16H2,1H3. The first kappa shape index (κ1) is 13.4. The van der Waals surface area contributed by atoms with Crippen molar-refractivity contribution in [1.82, 2.24) is 4.90 Å². The minimum atomic E-state index is 0.702. The minimum Gasteiger partial charge on any atom is -0.492 e. The quantitative estimate of drug-likeness (QED) is 0.836. The number of nitrogens with zero attached hydrogens (tertiary/aromatic N) is 1. The van der Waals surface area contributed by atoms with E-state index in [4.69, 9.17) is 10.5 Å². The molecule has 1 unspecified atom stereocenters. The molecule has 3 heteroatoms. The van der Waals surface area contributed by atoms with Gasteiger partial charge in [0.2, 0.25) is 0 Å². The Balaban J connectivity index is 1.69. The van der Waals surface area contributed by atoms with Gasteiger partial charge < -0.3 is 10.5 Å². The predicted molar refractivity (Wildman–Crippen MR) is 74.9 cm³/mol. The third-order valence-corrected chi connectivity index (χ3v) is 3.54. The lowest BCUT2D eigenvalue weighted by atomic mass is 10.1. The van der Waals surface area contributed by atoms with Crippen LogP contribution in [-0.2, 0) is 6.42 Å². The van der Waals surface area contributed by atoms with E-state index in [1.165, 1.54) is 25.1 Å². The molecule has 3 nitrogen and oxygen atoms in total. The molecule has 0 aromatic heterocycles. The second kappa shape index (κ2) is 6.76. The van der Waals surface area contributed by atoms with Gasteiger partial charge in [-0.2, -0.15) is 0 Å². The van der Waals surface area contributed by atoms with E-state index in [0.717, 1.165) is 31.2 Å². The van der Waals surface area contributed by atoms with Gasteiger partial charge in [-0.05, 0) is 49.5 Å². The molecule has 0 spiro atoms. The number of nitrogens with two attached hydrogens (primary N) is 1. The normalized spacial score (nSPS) is 20.2. The fraction of sp³-hybridized carbons (Fsp3) is 0.600. The van der Waals surface area contributed by atoms with Crippen LogP contribution in [0.1, 0.15) is 18.9 Å². The fourth-order valence-electron chi connectivity index (χ4n) is 2.44. The largest absolute Gasteiger partial charge is 0.492 e. The highest BCUT2D eigenvalue weighted by atomic mass is 16.5. The van der Waals surface area contributed by atoms with E-state index in [9.17, 15) is 0 Å². The molecule has 1 aliphatic rings. The summed E-state index contributed by atoms with van der Waals surface area (Å²) < 4.78 is 5.76. The molecule has 0 bridgehead atoms. The van der Waals surface area contributed by atoms with Crippen LogP contribution in [0.5, 0.6) is 5.75 Å². The molecule has 0 saturated carbocycles. The zero-order chi connectivity index (χ0) is 12.8. The highest BCUT2D eigenvalue weighted by Gasteiger charge is 2.17. The van der Waals surface area contributed by atoms with Crippen molar-refractivity contribution in [2.45, 2.75) is 19.8 Å². The Morgan fingerprint density at radius 2 is 2.11 bits per heavy atom. The number of rotatable bonds is 6. The second-order valence-electron chi connectivity index (χ2n) is 5.23. The molecule has 1 saturated heterocycles. The topological polar surface area (TPSA) is 38.5 Å². The molecule has 2 N–H and O–H groups in total. The molecule has 100 valence electrons. The van der Waals surface area contributed by atoms with E-state index in [2.05, 4.69) is 24.0 Å². The summed E-state index contributed by atoms with van der Waals surface area (Å²) in [4.78, 5) is 2.48. The van der Waals surface area contributed by atoms with Crippen LogP contribution < -0.4 is 10.5 Å². The lowest BCUT2D eigenvalue weighted by Crippen LogP contribution is -2.25. The van der Waals surface area contributed by atoms with Crippen LogP contribution in [0.2, 0.25) is 0 Å². The van der Waals surface area contributed by atoms with Crippen LogP contribution >= 0.6 is 0 Å². The molecule has 2 rings (SSSR count). The molecular weight excluding hydrogens is 224 g/mol. The van der Waals surface area contributed by atoms with Crippen molar-refractivity contribution in [3.8, 4) is 5.75 Å². The Morgan fingerprint density at radius 3 is 2.72 bits per heavy atom. The van der Waals surface area contributed by atoms with E-state index < -0.39 is 0 Å². The predicted octanol–water partition coefficient (Wildman–Crippen LogP) is 1.91. The molecule has 0 amide bonds.